The lowest BCUT2D eigenvalue weighted by molar-refractivity contribution is -0.146. The third-order valence-electron chi connectivity index (χ3n) is 4.24. The summed E-state index contributed by atoms with van der Waals surface area (Å²) in [7, 11) is 0. The first-order valence-electron chi connectivity index (χ1n) is 8.71. The number of benzene rings is 1. The smallest absolute Gasteiger partial charge is 0.306 e. The minimum Gasteiger partial charge on any atom is -0.467 e. The average Bonchev–Trinajstić information content (AvgIpc) is 3.02. The molecule has 3 rings (SSSR count). The summed E-state index contributed by atoms with van der Waals surface area (Å²) in [5.74, 6) is -0.666. The Morgan fingerprint density at radius 2 is 2.08 bits per heavy atom. The Balaban J connectivity index is 1.47. The molecular weight excluding hydrogens is 359 g/mol. The van der Waals surface area contributed by atoms with Gasteiger partial charge in [0.25, 0.3) is 5.19 Å². The topological polar surface area (TPSA) is 68.7 Å². The Bertz CT molecular complexity index is 787. The predicted molar refractivity (Wildman–Crippen MR) is 95.7 cm³/mol. The Morgan fingerprint density at radius 3 is 2.81 bits per heavy atom. The summed E-state index contributed by atoms with van der Waals surface area (Å²) in [5.41, 5.74) is 0.720. The van der Waals surface area contributed by atoms with Crippen molar-refractivity contribution < 1.29 is 23.5 Å². The summed E-state index contributed by atoms with van der Waals surface area (Å²) >= 11 is 1.32. The molecule has 2 aromatic rings. The highest BCUT2D eigenvalue weighted by molar-refractivity contribution is 7.20. The van der Waals surface area contributed by atoms with Crippen LogP contribution >= 0.6 is 11.3 Å². The molecule has 1 saturated heterocycles. The average molecular weight is 380 g/mol. The fraction of sp³-hybridized carbons (Fsp3) is 0.500. The number of hydrogen-bond donors (Lipinski definition) is 0. The van der Waals surface area contributed by atoms with E-state index >= 15 is 0 Å². The number of ether oxygens (including phenoxy) is 2. The van der Waals surface area contributed by atoms with Crippen LogP contribution in [0.3, 0.4) is 0 Å². The van der Waals surface area contributed by atoms with Crippen LogP contribution in [0.1, 0.15) is 32.6 Å². The molecule has 0 radical (unpaired) electrons. The summed E-state index contributed by atoms with van der Waals surface area (Å²) in [6.45, 7) is 3.25. The van der Waals surface area contributed by atoms with Gasteiger partial charge in [-0.3, -0.25) is 9.59 Å². The molecule has 2 heterocycles. The number of hydrogen-bond acceptors (Lipinski definition) is 6. The number of amides is 1. The highest BCUT2D eigenvalue weighted by Crippen LogP contribution is 2.30. The molecule has 1 aliphatic rings. The lowest BCUT2D eigenvalue weighted by atomic mass is 10.1. The normalized spacial score (nSPS) is 15.2. The number of fused-ring (bicyclic) bond motifs is 1. The number of halogens is 1. The monoisotopic (exact) mass is 380 g/mol. The summed E-state index contributed by atoms with van der Waals surface area (Å²) < 4.78 is 24.8. The lowest BCUT2D eigenvalue weighted by Gasteiger charge is -2.31. The first kappa shape index (κ1) is 18.6. The van der Waals surface area contributed by atoms with E-state index in [1.165, 1.54) is 23.5 Å². The van der Waals surface area contributed by atoms with Gasteiger partial charge in [0.1, 0.15) is 11.9 Å². The molecule has 8 heteroatoms. The van der Waals surface area contributed by atoms with Gasteiger partial charge in [0, 0.05) is 32.4 Å². The first-order chi connectivity index (χ1) is 12.5. The van der Waals surface area contributed by atoms with Crippen molar-refractivity contribution in [3.05, 3.63) is 24.0 Å². The molecule has 6 nitrogen and oxygen atoms in total. The van der Waals surface area contributed by atoms with Gasteiger partial charge in [-0.25, -0.2) is 9.37 Å². The van der Waals surface area contributed by atoms with Gasteiger partial charge in [-0.1, -0.05) is 11.3 Å². The van der Waals surface area contributed by atoms with E-state index in [0.29, 0.717) is 37.7 Å². The minimum atomic E-state index is -0.341. The Kier molecular flexibility index (Phi) is 6.03. The fourth-order valence-corrected chi connectivity index (χ4v) is 3.80. The summed E-state index contributed by atoms with van der Waals surface area (Å²) in [6, 6.07) is 4.47. The zero-order chi connectivity index (χ0) is 18.5. The van der Waals surface area contributed by atoms with Crippen molar-refractivity contribution in [2.75, 3.05) is 19.7 Å². The van der Waals surface area contributed by atoms with Crippen molar-refractivity contribution >= 4 is 33.4 Å². The summed E-state index contributed by atoms with van der Waals surface area (Å²) in [4.78, 5) is 29.6. The van der Waals surface area contributed by atoms with Crippen molar-refractivity contribution in [2.45, 2.75) is 38.7 Å². The van der Waals surface area contributed by atoms with E-state index in [-0.39, 0.29) is 36.6 Å². The SMILES string of the molecule is CCOC(=O)CCC(=O)N1CCC(Oc2nc3ccc(F)cc3s2)CC1. The fourth-order valence-electron chi connectivity index (χ4n) is 2.89. The number of carbonyl (C=O) groups is 2. The Labute approximate surface area is 154 Å². The van der Waals surface area contributed by atoms with Gasteiger partial charge in [0.15, 0.2) is 0 Å². The van der Waals surface area contributed by atoms with E-state index in [1.54, 1.807) is 17.9 Å². The van der Waals surface area contributed by atoms with Crippen LogP contribution in [-0.4, -0.2) is 47.6 Å². The third-order valence-corrected chi connectivity index (χ3v) is 5.15. The maximum Gasteiger partial charge on any atom is 0.306 e. The first-order valence-corrected chi connectivity index (χ1v) is 9.53. The number of thiazole rings is 1. The number of aromatic nitrogens is 1. The van der Waals surface area contributed by atoms with Gasteiger partial charge < -0.3 is 14.4 Å². The maximum atomic E-state index is 13.3. The molecule has 0 aliphatic carbocycles. The lowest BCUT2D eigenvalue weighted by Crippen LogP contribution is -2.41. The third kappa shape index (κ3) is 4.69. The predicted octanol–water partition coefficient (Wildman–Crippen LogP) is 3.15. The number of rotatable bonds is 6. The Hall–Kier alpha value is -2.22. The zero-order valence-corrected chi connectivity index (χ0v) is 15.4. The van der Waals surface area contributed by atoms with Crippen LogP contribution in [0.4, 0.5) is 4.39 Å². The van der Waals surface area contributed by atoms with E-state index in [1.807, 2.05) is 0 Å². The second-order valence-electron chi connectivity index (χ2n) is 6.09. The highest BCUT2D eigenvalue weighted by Gasteiger charge is 2.25. The molecule has 26 heavy (non-hydrogen) atoms. The number of likely N-dealkylation sites (tertiary alicyclic amines) is 1. The van der Waals surface area contributed by atoms with Crippen LogP contribution in [0.15, 0.2) is 18.2 Å². The highest BCUT2D eigenvalue weighted by atomic mass is 32.1. The molecule has 1 aromatic carbocycles. The standard InChI is InChI=1S/C18H21FN2O4S/c1-2-24-17(23)6-5-16(22)21-9-7-13(8-10-21)25-18-20-14-4-3-12(19)11-15(14)26-18/h3-4,11,13H,2,5-10H2,1H3. The van der Waals surface area contributed by atoms with E-state index in [4.69, 9.17) is 9.47 Å². The molecule has 0 saturated carbocycles. The molecule has 1 aromatic heterocycles. The minimum absolute atomic E-state index is 0.0190. The van der Waals surface area contributed by atoms with Crippen LogP contribution in [0, 0.1) is 5.82 Å². The van der Waals surface area contributed by atoms with Crippen LogP contribution in [0.2, 0.25) is 0 Å². The van der Waals surface area contributed by atoms with E-state index in [9.17, 15) is 14.0 Å². The molecule has 1 fully saturated rings. The van der Waals surface area contributed by atoms with E-state index in [2.05, 4.69) is 4.98 Å². The van der Waals surface area contributed by atoms with Crippen LogP contribution < -0.4 is 4.74 Å². The molecule has 1 amide bonds. The maximum absolute atomic E-state index is 13.3. The van der Waals surface area contributed by atoms with Crippen molar-refractivity contribution in [3.63, 3.8) is 0 Å². The summed E-state index contributed by atoms with van der Waals surface area (Å²) in [5, 5.41) is 0.526. The largest absolute Gasteiger partial charge is 0.467 e. The van der Waals surface area contributed by atoms with Crippen LogP contribution in [-0.2, 0) is 14.3 Å². The van der Waals surface area contributed by atoms with Gasteiger partial charge in [-0.15, -0.1) is 0 Å². The summed E-state index contributed by atoms with van der Waals surface area (Å²) in [6.07, 6.45) is 1.68. The van der Waals surface area contributed by atoms with Crippen molar-refractivity contribution in [1.29, 1.82) is 0 Å². The number of piperidine rings is 1. The molecular formula is C18H21FN2O4S. The molecule has 140 valence electrons. The molecule has 0 bridgehead atoms. The van der Waals surface area contributed by atoms with Gasteiger partial charge >= 0.3 is 5.97 Å². The molecule has 0 N–H and O–H groups in total. The second kappa shape index (κ2) is 8.44. The van der Waals surface area contributed by atoms with Gasteiger partial charge in [0.2, 0.25) is 5.91 Å². The van der Waals surface area contributed by atoms with Crippen LogP contribution in [0.25, 0.3) is 10.2 Å². The molecule has 0 unspecified atom stereocenters. The second-order valence-corrected chi connectivity index (χ2v) is 7.09. The van der Waals surface area contributed by atoms with Crippen molar-refractivity contribution in [1.82, 2.24) is 9.88 Å². The van der Waals surface area contributed by atoms with Gasteiger partial charge in [0.05, 0.1) is 23.2 Å². The zero-order valence-electron chi connectivity index (χ0n) is 14.6. The van der Waals surface area contributed by atoms with Crippen molar-refractivity contribution in [3.8, 4) is 5.19 Å². The molecule has 1 aliphatic heterocycles. The number of carbonyl (C=O) groups excluding carboxylic acids is 2. The van der Waals surface area contributed by atoms with Crippen LogP contribution in [0.5, 0.6) is 5.19 Å². The number of nitrogens with zero attached hydrogens (tertiary/aromatic N) is 2. The Morgan fingerprint density at radius 1 is 1.31 bits per heavy atom. The van der Waals surface area contributed by atoms with Crippen molar-refractivity contribution in [2.24, 2.45) is 0 Å². The van der Waals surface area contributed by atoms with E-state index in [0.717, 1.165) is 10.2 Å². The van der Waals surface area contributed by atoms with Gasteiger partial charge in [-0.05, 0) is 25.1 Å². The quantitative estimate of drug-likeness (QED) is 0.720. The molecule has 0 atom stereocenters. The van der Waals surface area contributed by atoms with Gasteiger partial charge in [-0.2, -0.15) is 0 Å². The van der Waals surface area contributed by atoms with E-state index < -0.39 is 0 Å². The number of esters is 1. The molecule has 0 spiro atoms.